The van der Waals surface area contributed by atoms with Crippen LogP contribution < -0.4 is 4.74 Å². The molecule has 1 amide bonds. The fourth-order valence-electron chi connectivity index (χ4n) is 2.57. The number of hydrogen-bond donors (Lipinski definition) is 0. The molecule has 8 heteroatoms. The summed E-state index contributed by atoms with van der Waals surface area (Å²) in [7, 11) is 3.29. The minimum absolute atomic E-state index is 0.121. The average Bonchev–Trinajstić information content (AvgIpc) is 2.97. The number of hydrogen-bond acceptors (Lipinski definition) is 6. The Kier molecular flexibility index (Phi) is 6.76. The summed E-state index contributed by atoms with van der Waals surface area (Å²) in [5.41, 5.74) is 1.99. The summed E-state index contributed by atoms with van der Waals surface area (Å²) in [4.78, 5) is 31.0. The number of ether oxygens (including phenoxy) is 2. The number of likely N-dealkylation sites (N-methyl/N-ethyl adjacent to an activating group) is 1. The van der Waals surface area contributed by atoms with Crippen LogP contribution in [0, 0.1) is 0 Å². The maximum atomic E-state index is 12.6. The lowest BCUT2D eigenvalue weighted by atomic mass is 10.2. The second-order valence-corrected chi connectivity index (χ2v) is 7.89. The number of carbonyl (C=O) groups is 2. The van der Waals surface area contributed by atoms with Gasteiger partial charge in [0.25, 0.3) is 5.91 Å². The number of methoxy groups -OCH3 is 1. The number of esters is 1. The van der Waals surface area contributed by atoms with Crippen LogP contribution in [0.4, 0.5) is 5.69 Å². The van der Waals surface area contributed by atoms with Crippen LogP contribution >= 0.6 is 27.7 Å². The van der Waals surface area contributed by atoms with E-state index in [1.54, 1.807) is 45.3 Å². The fourth-order valence-corrected chi connectivity index (χ4v) is 4.12. The molecule has 0 unspecified atom stereocenters. The maximum Gasteiger partial charge on any atom is 0.338 e. The van der Waals surface area contributed by atoms with Gasteiger partial charge in [0.2, 0.25) is 0 Å². The molecule has 29 heavy (non-hydrogen) atoms. The second-order valence-electron chi connectivity index (χ2n) is 6.03. The van der Waals surface area contributed by atoms with Crippen molar-refractivity contribution < 1.29 is 19.1 Å². The highest BCUT2D eigenvalue weighted by atomic mass is 79.9. The number of carbonyl (C=O) groups excluding carboxylic acids is 2. The Morgan fingerprint density at radius 1 is 1.24 bits per heavy atom. The quantitative estimate of drug-likeness (QED) is 0.456. The molecule has 150 valence electrons. The zero-order chi connectivity index (χ0) is 21.0. The van der Waals surface area contributed by atoms with Gasteiger partial charge in [-0.1, -0.05) is 6.07 Å². The lowest BCUT2D eigenvalue weighted by Crippen LogP contribution is -2.23. The first-order valence-corrected chi connectivity index (χ1v) is 10.4. The molecule has 0 aliphatic carbocycles. The van der Waals surface area contributed by atoms with Crippen LogP contribution in [-0.2, 0) is 9.53 Å². The molecule has 1 aliphatic heterocycles. The molecule has 3 rings (SSSR count). The number of amides is 1. The number of rotatable bonds is 5. The van der Waals surface area contributed by atoms with Crippen LogP contribution in [0.3, 0.4) is 0 Å². The molecule has 1 aliphatic rings. The Morgan fingerprint density at radius 3 is 2.59 bits per heavy atom. The molecular weight excluding hydrogens is 456 g/mol. The van der Waals surface area contributed by atoms with Gasteiger partial charge in [-0.3, -0.25) is 9.69 Å². The summed E-state index contributed by atoms with van der Waals surface area (Å²) < 4.78 is 11.0. The van der Waals surface area contributed by atoms with Crippen LogP contribution in [0.1, 0.15) is 22.8 Å². The fraction of sp³-hybridized carbons (Fsp3) is 0.190. The van der Waals surface area contributed by atoms with E-state index < -0.39 is 0 Å². The highest BCUT2D eigenvalue weighted by Gasteiger charge is 2.30. The molecule has 0 spiro atoms. The lowest BCUT2D eigenvalue weighted by Gasteiger charge is -2.07. The first-order valence-electron chi connectivity index (χ1n) is 8.80. The smallest absolute Gasteiger partial charge is 0.338 e. The lowest BCUT2D eigenvalue weighted by molar-refractivity contribution is -0.121. The number of aliphatic imine (C=N–C) groups is 1. The first-order chi connectivity index (χ1) is 13.9. The SMILES string of the molecule is CCOC(=O)c1ccc(N=C2SC(=Cc3ccc(OC)c(Br)c3)C(=O)N2C)cc1. The molecule has 0 bridgehead atoms. The van der Waals surface area contributed by atoms with Crippen LogP contribution in [0.5, 0.6) is 5.75 Å². The van der Waals surface area contributed by atoms with Gasteiger partial charge in [-0.15, -0.1) is 0 Å². The third-order valence-corrected chi connectivity index (χ3v) is 5.76. The van der Waals surface area contributed by atoms with Crippen LogP contribution in [0.25, 0.3) is 6.08 Å². The highest BCUT2D eigenvalue weighted by Crippen LogP contribution is 2.34. The van der Waals surface area contributed by atoms with Gasteiger partial charge in [-0.25, -0.2) is 9.79 Å². The molecule has 1 heterocycles. The molecule has 0 atom stereocenters. The Bertz CT molecular complexity index is 1000. The van der Waals surface area contributed by atoms with E-state index in [2.05, 4.69) is 20.9 Å². The van der Waals surface area contributed by atoms with Gasteiger partial charge in [0.1, 0.15) is 5.75 Å². The summed E-state index contributed by atoms with van der Waals surface area (Å²) in [6, 6.07) is 12.4. The van der Waals surface area contributed by atoms with E-state index in [0.29, 0.717) is 27.9 Å². The van der Waals surface area contributed by atoms with Gasteiger partial charge in [-0.05, 0) is 82.7 Å². The molecule has 2 aromatic carbocycles. The number of thioether (sulfide) groups is 1. The van der Waals surface area contributed by atoms with E-state index in [0.717, 1.165) is 15.8 Å². The largest absolute Gasteiger partial charge is 0.496 e. The monoisotopic (exact) mass is 474 g/mol. The predicted molar refractivity (Wildman–Crippen MR) is 119 cm³/mol. The summed E-state index contributed by atoms with van der Waals surface area (Å²) >= 11 is 4.75. The van der Waals surface area contributed by atoms with Gasteiger partial charge < -0.3 is 9.47 Å². The van der Waals surface area contributed by atoms with Crippen molar-refractivity contribution in [2.75, 3.05) is 20.8 Å². The molecule has 0 saturated carbocycles. The van der Waals surface area contributed by atoms with E-state index in [1.165, 1.54) is 16.7 Å². The highest BCUT2D eigenvalue weighted by molar-refractivity contribution is 9.10. The van der Waals surface area contributed by atoms with Crippen molar-refractivity contribution in [1.82, 2.24) is 4.90 Å². The van der Waals surface area contributed by atoms with Crippen molar-refractivity contribution in [2.45, 2.75) is 6.92 Å². The minimum atomic E-state index is -0.370. The number of amidine groups is 1. The first kappa shape index (κ1) is 21.1. The van der Waals surface area contributed by atoms with E-state index in [-0.39, 0.29) is 11.9 Å². The zero-order valence-corrected chi connectivity index (χ0v) is 18.5. The van der Waals surface area contributed by atoms with Crippen molar-refractivity contribution in [2.24, 2.45) is 4.99 Å². The van der Waals surface area contributed by atoms with E-state index in [4.69, 9.17) is 9.47 Å². The van der Waals surface area contributed by atoms with Crippen LogP contribution in [-0.4, -0.2) is 42.7 Å². The van der Waals surface area contributed by atoms with E-state index in [1.807, 2.05) is 24.3 Å². The van der Waals surface area contributed by atoms with Crippen molar-refractivity contribution in [3.05, 3.63) is 63.0 Å². The molecule has 0 N–H and O–H groups in total. The topological polar surface area (TPSA) is 68.2 Å². The van der Waals surface area contributed by atoms with Gasteiger partial charge in [-0.2, -0.15) is 0 Å². The van der Waals surface area contributed by atoms with E-state index in [9.17, 15) is 9.59 Å². The molecule has 2 aromatic rings. The molecule has 1 fully saturated rings. The van der Waals surface area contributed by atoms with Crippen molar-refractivity contribution in [3.63, 3.8) is 0 Å². The van der Waals surface area contributed by atoms with Gasteiger partial charge in [0, 0.05) is 7.05 Å². The summed E-state index contributed by atoms with van der Waals surface area (Å²) in [5, 5.41) is 0.567. The third-order valence-electron chi connectivity index (χ3n) is 4.08. The molecule has 0 aromatic heterocycles. The number of halogens is 1. The Hall–Kier alpha value is -2.58. The zero-order valence-electron chi connectivity index (χ0n) is 16.1. The average molecular weight is 475 g/mol. The summed E-state index contributed by atoms with van der Waals surface area (Å²) in [6.07, 6.45) is 1.82. The van der Waals surface area contributed by atoms with Crippen molar-refractivity contribution in [1.29, 1.82) is 0 Å². The summed E-state index contributed by atoms with van der Waals surface area (Å²) in [5.74, 6) is 0.233. The predicted octanol–water partition coefficient (Wildman–Crippen LogP) is 4.87. The second kappa shape index (κ2) is 9.28. The number of nitrogens with zero attached hydrogens (tertiary/aromatic N) is 2. The minimum Gasteiger partial charge on any atom is -0.496 e. The van der Waals surface area contributed by atoms with E-state index >= 15 is 0 Å². The van der Waals surface area contributed by atoms with Crippen molar-refractivity contribution >= 4 is 56.5 Å². The Balaban J connectivity index is 1.81. The standard InChI is InChI=1S/C21H19BrN2O4S/c1-4-28-20(26)14-6-8-15(9-7-14)23-21-24(2)19(25)18(29-21)12-13-5-10-17(27-3)16(22)11-13/h5-12H,4H2,1-3H3. The Morgan fingerprint density at radius 2 is 1.97 bits per heavy atom. The van der Waals surface area contributed by atoms with Gasteiger partial charge in [0.15, 0.2) is 5.17 Å². The molecule has 1 saturated heterocycles. The van der Waals surface area contributed by atoms with Gasteiger partial charge in [0.05, 0.1) is 34.3 Å². The van der Waals surface area contributed by atoms with Crippen molar-refractivity contribution in [3.8, 4) is 5.75 Å². The van der Waals surface area contributed by atoms with Gasteiger partial charge >= 0.3 is 5.97 Å². The normalized spacial score (nSPS) is 16.6. The Labute approximate surface area is 181 Å². The maximum absolute atomic E-state index is 12.6. The molecular formula is C21H19BrN2O4S. The molecule has 0 radical (unpaired) electrons. The number of benzene rings is 2. The molecule has 6 nitrogen and oxygen atoms in total. The van der Waals surface area contributed by atoms with Crippen LogP contribution in [0.2, 0.25) is 0 Å². The van der Waals surface area contributed by atoms with Crippen LogP contribution in [0.15, 0.2) is 56.8 Å². The summed E-state index contributed by atoms with van der Waals surface area (Å²) in [6.45, 7) is 2.09. The third kappa shape index (κ3) is 4.89.